The molecule has 0 amide bonds. The van der Waals surface area contributed by atoms with E-state index in [2.05, 4.69) is 23.7 Å². The van der Waals surface area contributed by atoms with Crippen LogP contribution < -0.4 is 0 Å². The molecule has 6 nitrogen and oxygen atoms in total. The third-order valence-corrected chi connectivity index (χ3v) is 1.71. The molecule has 0 aromatic heterocycles. The van der Waals surface area contributed by atoms with Crippen LogP contribution in [0.25, 0.3) is 0 Å². The second-order valence-electron chi connectivity index (χ2n) is 3.15. The van der Waals surface area contributed by atoms with Crippen molar-refractivity contribution < 1.29 is 59.2 Å². The zero-order valence-corrected chi connectivity index (χ0v) is 9.30. The van der Waals surface area contributed by atoms with Crippen molar-refractivity contribution in [2.24, 2.45) is 0 Å². The number of hydrogen-bond donors (Lipinski definition) is 0. The zero-order valence-electron chi connectivity index (χ0n) is 9.30. The number of halogens is 7. The molecule has 0 N–H and O–H groups in total. The molecule has 13 heteroatoms. The van der Waals surface area contributed by atoms with Gasteiger partial charge in [-0.2, -0.15) is 8.78 Å². The van der Waals surface area contributed by atoms with E-state index in [-0.39, 0.29) is 0 Å². The number of carbonyl (C=O) groups excluding carboxylic acids is 1. The minimum atomic E-state index is -5.91. The lowest BCUT2D eigenvalue weighted by Gasteiger charge is -2.27. The van der Waals surface area contributed by atoms with Crippen molar-refractivity contribution in [2.45, 2.75) is 24.7 Å². The van der Waals surface area contributed by atoms with Gasteiger partial charge in [-0.3, -0.25) is 0 Å². The van der Waals surface area contributed by atoms with E-state index < -0.39 is 37.3 Å². The molecule has 0 aromatic carbocycles. The molecule has 1 saturated heterocycles. The van der Waals surface area contributed by atoms with Crippen molar-refractivity contribution >= 4 is 5.97 Å². The molecule has 0 spiro atoms. The third kappa shape index (κ3) is 3.68. The molecular formula is C7H5F7O6. The van der Waals surface area contributed by atoms with Gasteiger partial charge in [0, 0.05) is 0 Å². The minimum Gasteiger partial charge on any atom is -0.467 e. The lowest BCUT2D eigenvalue weighted by molar-refractivity contribution is -0.509. The molecule has 1 aliphatic heterocycles. The molecule has 2 unspecified atom stereocenters. The Kier molecular flexibility index (Phi) is 4.20. The monoisotopic (exact) mass is 318 g/mol. The minimum absolute atomic E-state index is 0.756. The number of carbonyl (C=O) groups is 1. The van der Waals surface area contributed by atoms with Gasteiger partial charge in [-0.25, -0.2) is 19.0 Å². The van der Waals surface area contributed by atoms with E-state index in [9.17, 15) is 35.5 Å². The van der Waals surface area contributed by atoms with Gasteiger partial charge in [0.05, 0.1) is 7.11 Å². The molecule has 0 bridgehead atoms. The predicted molar refractivity (Wildman–Crippen MR) is 39.9 cm³/mol. The number of alkyl halides is 7. The van der Waals surface area contributed by atoms with E-state index in [1.54, 1.807) is 0 Å². The maximum absolute atomic E-state index is 13.6. The normalized spacial score (nSPS) is 33.2. The van der Waals surface area contributed by atoms with Gasteiger partial charge in [-0.15, -0.1) is 22.0 Å². The molecule has 1 rings (SSSR count). The molecule has 0 aliphatic carbocycles. The van der Waals surface area contributed by atoms with E-state index in [0.717, 1.165) is 7.11 Å². The van der Waals surface area contributed by atoms with Gasteiger partial charge in [0.1, 0.15) is 0 Å². The second kappa shape index (κ2) is 4.98. The van der Waals surface area contributed by atoms with Crippen molar-refractivity contribution in [3.63, 3.8) is 0 Å². The van der Waals surface area contributed by atoms with E-state index in [1.165, 1.54) is 0 Å². The Morgan fingerprint density at radius 1 is 1.10 bits per heavy atom. The first-order chi connectivity index (χ1) is 8.83. The fourth-order valence-corrected chi connectivity index (χ4v) is 1.01. The van der Waals surface area contributed by atoms with Crippen molar-refractivity contribution in [1.29, 1.82) is 0 Å². The number of hydrogen-bond acceptors (Lipinski definition) is 6. The summed E-state index contributed by atoms with van der Waals surface area (Å²) in [6.45, 7) is -1.56. The Bertz CT molecular complexity index is 386. The average Bonchev–Trinajstić information content (AvgIpc) is 2.38. The summed E-state index contributed by atoms with van der Waals surface area (Å²) >= 11 is 0. The summed E-state index contributed by atoms with van der Waals surface area (Å²) < 4.78 is 103. The molecule has 2 atom stereocenters. The van der Waals surface area contributed by atoms with Gasteiger partial charge in [0.15, 0.2) is 6.61 Å². The average molecular weight is 318 g/mol. The lowest BCUT2D eigenvalue weighted by Crippen LogP contribution is -2.52. The molecule has 1 heterocycles. The van der Waals surface area contributed by atoms with Gasteiger partial charge in [-0.05, 0) is 0 Å². The first kappa shape index (κ1) is 16.9. The van der Waals surface area contributed by atoms with Gasteiger partial charge in [-0.1, -0.05) is 0 Å². The SMILES string of the molecule is COC(=O)COC1(F)OC(F)(F)OC1(F)OC(F)(F)F. The van der Waals surface area contributed by atoms with E-state index in [1.807, 2.05) is 0 Å². The fraction of sp³-hybridized carbons (Fsp3) is 0.857. The van der Waals surface area contributed by atoms with Crippen LogP contribution in [-0.4, -0.2) is 44.4 Å². The summed E-state index contributed by atoms with van der Waals surface area (Å²) in [6.07, 6.45) is -11.0. The standard InChI is InChI=1S/C7H5F7O6/c1-16-3(15)2-17-4(8)5(9,18-6(10,11)12)20-7(13,14)19-4/h2H2,1H3. The predicted octanol–water partition coefficient (Wildman–Crippen LogP) is 1.56. The van der Waals surface area contributed by atoms with Crippen molar-refractivity contribution in [1.82, 2.24) is 0 Å². The first-order valence-electron chi connectivity index (χ1n) is 4.46. The Labute approximate surface area is 105 Å². The van der Waals surface area contributed by atoms with E-state index in [4.69, 9.17) is 0 Å². The Morgan fingerprint density at radius 3 is 2.05 bits per heavy atom. The highest BCUT2D eigenvalue weighted by molar-refractivity contribution is 5.70. The molecule has 118 valence electrons. The Hall–Kier alpha value is -1.18. The van der Waals surface area contributed by atoms with Crippen LogP contribution >= 0.6 is 0 Å². The lowest BCUT2D eigenvalue weighted by atomic mass is 10.5. The van der Waals surface area contributed by atoms with Crippen molar-refractivity contribution in [3.05, 3.63) is 0 Å². The Morgan fingerprint density at radius 2 is 1.60 bits per heavy atom. The topological polar surface area (TPSA) is 63.2 Å². The summed E-state index contributed by atoms with van der Waals surface area (Å²) in [7, 11) is 0.756. The maximum atomic E-state index is 13.6. The van der Waals surface area contributed by atoms with Gasteiger partial charge in [0.25, 0.3) is 0 Å². The van der Waals surface area contributed by atoms with Crippen LogP contribution in [-0.2, 0) is 28.5 Å². The quantitative estimate of drug-likeness (QED) is 0.579. The molecule has 20 heavy (non-hydrogen) atoms. The zero-order chi connectivity index (χ0) is 15.8. The molecule has 1 aliphatic rings. The molecule has 0 radical (unpaired) electrons. The Balaban J connectivity index is 2.96. The summed E-state index contributed by atoms with van der Waals surface area (Å²) in [5.41, 5.74) is 0. The summed E-state index contributed by atoms with van der Waals surface area (Å²) in [6, 6.07) is -10.1. The number of rotatable bonds is 4. The van der Waals surface area contributed by atoms with Crippen LogP contribution in [0.3, 0.4) is 0 Å². The van der Waals surface area contributed by atoms with Crippen LogP contribution in [0.2, 0.25) is 0 Å². The molecule has 0 aromatic rings. The molecular weight excluding hydrogens is 313 g/mol. The largest absolute Gasteiger partial charge is 0.527 e. The maximum Gasteiger partial charge on any atom is 0.527 e. The summed E-state index contributed by atoms with van der Waals surface area (Å²) in [5.74, 6) is -1.42. The fourth-order valence-electron chi connectivity index (χ4n) is 1.01. The number of methoxy groups -OCH3 is 1. The van der Waals surface area contributed by atoms with Gasteiger partial charge < -0.3 is 9.47 Å². The molecule has 1 fully saturated rings. The highest BCUT2D eigenvalue weighted by Gasteiger charge is 2.77. The highest BCUT2D eigenvalue weighted by atomic mass is 19.4. The molecule has 0 saturated carbocycles. The summed E-state index contributed by atoms with van der Waals surface area (Å²) in [5, 5.41) is 0. The number of esters is 1. The number of ether oxygens (including phenoxy) is 5. The van der Waals surface area contributed by atoms with E-state index in [0.29, 0.717) is 0 Å². The van der Waals surface area contributed by atoms with Crippen molar-refractivity contribution in [3.8, 4) is 0 Å². The van der Waals surface area contributed by atoms with Crippen LogP contribution in [0.1, 0.15) is 0 Å². The summed E-state index contributed by atoms with van der Waals surface area (Å²) in [4.78, 5) is 10.6. The smallest absolute Gasteiger partial charge is 0.467 e. The van der Waals surface area contributed by atoms with Crippen LogP contribution in [0.5, 0.6) is 0 Å². The highest BCUT2D eigenvalue weighted by Crippen LogP contribution is 2.51. The van der Waals surface area contributed by atoms with Gasteiger partial charge in [0.2, 0.25) is 0 Å². The van der Waals surface area contributed by atoms with Crippen LogP contribution in [0.15, 0.2) is 0 Å². The van der Waals surface area contributed by atoms with E-state index >= 15 is 0 Å². The van der Waals surface area contributed by atoms with Crippen molar-refractivity contribution in [2.75, 3.05) is 13.7 Å². The van der Waals surface area contributed by atoms with Crippen LogP contribution in [0, 0.1) is 0 Å². The third-order valence-electron chi connectivity index (χ3n) is 1.71. The first-order valence-corrected chi connectivity index (χ1v) is 4.46. The van der Waals surface area contributed by atoms with Crippen LogP contribution in [0.4, 0.5) is 30.7 Å². The van der Waals surface area contributed by atoms with Gasteiger partial charge >= 0.3 is 30.7 Å². The second-order valence-corrected chi connectivity index (χ2v) is 3.15.